The molecule has 0 saturated heterocycles. The number of benzene rings is 2. The van der Waals surface area contributed by atoms with Crippen molar-refractivity contribution in [1.82, 2.24) is 20.0 Å². The van der Waals surface area contributed by atoms with Crippen molar-refractivity contribution in [3.63, 3.8) is 0 Å². The highest BCUT2D eigenvalue weighted by Crippen LogP contribution is 2.40. The van der Waals surface area contributed by atoms with Crippen molar-refractivity contribution in [1.29, 1.82) is 0 Å². The average Bonchev–Trinajstić information content (AvgIpc) is 3.55. The largest absolute Gasteiger partial charge is 0.413 e. The number of aryl methyl sites for hydroxylation is 2. The Balaban J connectivity index is 1.13. The highest BCUT2D eigenvalue weighted by Gasteiger charge is 2.40. The molecule has 2 aromatic carbocycles. The molecule has 2 aromatic heterocycles. The minimum Gasteiger partial charge on any atom is -0.378 e. The lowest BCUT2D eigenvalue weighted by molar-refractivity contribution is -0.0991. The van der Waals surface area contributed by atoms with Crippen molar-refractivity contribution in [2.24, 2.45) is 23.9 Å². The van der Waals surface area contributed by atoms with Crippen molar-refractivity contribution in [3.05, 3.63) is 83.8 Å². The smallest absolute Gasteiger partial charge is 0.378 e. The quantitative estimate of drug-likeness (QED) is 0.226. The second-order valence-electron chi connectivity index (χ2n) is 10.8. The van der Waals surface area contributed by atoms with Gasteiger partial charge >= 0.3 is 6.18 Å². The molecule has 0 bridgehead atoms. The Morgan fingerprint density at radius 1 is 1.10 bits per heavy atom. The zero-order chi connectivity index (χ0) is 27.7. The van der Waals surface area contributed by atoms with Crippen LogP contribution in [-0.4, -0.2) is 38.5 Å². The van der Waals surface area contributed by atoms with E-state index < -0.39 is 17.7 Å². The highest BCUT2D eigenvalue weighted by molar-refractivity contribution is 6.05. The van der Waals surface area contributed by atoms with Crippen LogP contribution in [0.4, 0.5) is 24.5 Å². The topological polar surface area (TPSA) is 82.9 Å². The standard InChI is InChI=1S/C30H32F3N7/c1-40-18-23(17-36-40)29(20-5-3-6-20)38-24-7-2-4-19(12-24)8-9-21-15-34-28(14-26(21)30(31,32)33)37-25-10-11-27-22(13-25)16-35-39-27/h2,4,7,10-14,16-18,20-21,29,38H,3,5-6,8-9,15H2,1H3,(H,34,37)(H,35,39). The van der Waals surface area contributed by atoms with E-state index >= 15 is 0 Å². The summed E-state index contributed by atoms with van der Waals surface area (Å²) in [5.41, 5.74) is 4.13. The number of rotatable bonds is 8. The van der Waals surface area contributed by atoms with E-state index in [-0.39, 0.29) is 18.4 Å². The molecule has 1 aliphatic carbocycles. The van der Waals surface area contributed by atoms with Gasteiger partial charge in [-0.25, -0.2) is 0 Å². The number of alkyl halides is 3. The van der Waals surface area contributed by atoms with Gasteiger partial charge in [0.15, 0.2) is 0 Å². The van der Waals surface area contributed by atoms with Crippen LogP contribution in [0.15, 0.2) is 77.7 Å². The van der Waals surface area contributed by atoms with E-state index in [0.717, 1.165) is 33.8 Å². The molecule has 208 valence electrons. The second kappa shape index (κ2) is 10.8. The first kappa shape index (κ1) is 26.2. The Labute approximate surface area is 230 Å². The van der Waals surface area contributed by atoms with Gasteiger partial charge < -0.3 is 10.6 Å². The Kier molecular flexibility index (Phi) is 7.08. The summed E-state index contributed by atoms with van der Waals surface area (Å²) in [5, 5.41) is 18.8. The SMILES string of the molecule is Cn1cc(C(Nc2cccc(CCC3CN=C(Nc4ccc5[nH]ncc5c4)C=C3C(F)(F)F)c2)C2CCC2)cn1. The molecule has 7 nitrogen and oxygen atoms in total. The molecule has 2 atom stereocenters. The van der Waals surface area contributed by atoms with E-state index in [4.69, 9.17) is 0 Å². The molecule has 0 radical (unpaired) electrons. The zero-order valence-corrected chi connectivity index (χ0v) is 22.2. The number of hydrogen-bond acceptors (Lipinski definition) is 5. The summed E-state index contributed by atoms with van der Waals surface area (Å²) in [7, 11) is 1.92. The van der Waals surface area contributed by atoms with Gasteiger partial charge in [0.2, 0.25) is 0 Å². The Bertz CT molecular complexity index is 1540. The van der Waals surface area contributed by atoms with Crippen LogP contribution in [0.3, 0.4) is 0 Å². The first-order chi connectivity index (χ1) is 19.3. The third-order valence-electron chi connectivity index (χ3n) is 7.99. The number of amidine groups is 1. The van der Waals surface area contributed by atoms with Crippen LogP contribution >= 0.6 is 0 Å². The number of aliphatic imine (C=N–C) groups is 1. The van der Waals surface area contributed by atoms with Gasteiger partial charge in [-0.2, -0.15) is 23.4 Å². The summed E-state index contributed by atoms with van der Waals surface area (Å²) >= 11 is 0. The van der Waals surface area contributed by atoms with Gasteiger partial charge in [-0.15, -0.1) is 0 Å². The third-order valence-corrected chi connectivity index (χ3v) is 7.99. The van der Waals surface area contributed by atoms with E-state index in [1.165, 1.54) is 19.3 Å². The molecular weight excluding hydrogens is 515 g/mol. The molecule has 1 saturated carbocycles. The second-order valence-corrected chi connectivity index (χ2v) is 10.8. The summed E-state index contributed by atoms with van der Waals surface area (Å²) < 4.78 is 44.1. The minimum atomic E-state index is -4.43. The molecule has 0 spiro atoms. The number of nitrogens with one attached hydrogen (secondary N) is 3. The van der Waals surface area contributed by atoms with Gasteiger partial charge in [-0.05, 0) is 73.6 Å². The van der Waals surface area contributed by atoms with Gasteiger partial charge in [0.05, 0.1) is 24.0 Å². The fourth-order valence-corrected chi connectivity index (χ4v) is 5.61. The molecular formula is C30H32F3N7. The van der Waals surface area contributed by atoms with Gasteiger partial charge in [0.25, 0.3) is 0 Å². The predicted molar refractivity (Wildman–Crippen MR) is 151 cm³/mol. The summed E-state index contributed by atoms with van der Waals surface area (Å²) in [4.78, 5) is 4.46. The number of H-pyrrole nitrogens is 1. The van der Waals surface area contributed by atoms with Gasteiger partial charge in [0, 0.05) is 53.6 Å². The lowest BCUT2D eigenvalue weighted by atomic mass is 9.77. The lowest BCUT2D eigenvalue weighted by Crippen LogP contribution is -2.29. The van der Waals surface area contributed by atoms with Crippen LogP contribution in [0.2, 0.25) is 0 Å². The van der Waals surface area contributed by atoms with E-state index in [1.807, 2.05) is 54.5 Å². The maximum atomic E-state index is 14.1. The average molecular weight is 548 g/mol. The van der Waals surface area contributed by atoms with Gasteiger partial charge in [-0.1, -0.05) is 18.6 Å². The molecule has 4 aromatic rings. The van der Waals surface area contributed by atoms with Crippen LogP contribution in [0, 0.1) is 11.8 Å². The fraction of sp³-hybridized carbons (Fsp3) is 0.367. The van der Waals surface area contributed by atoms with Crippen molar-refractivity contribution in [2.45, 2.75) is 44.3 Å². The maximum Gasteiger partial charge on any atom is 0.413 e. The maximum absolute atomic E-state index is 14.1. The fourth-order valence-electron chi connectivity index (χ4n) is 5.61. The van der Waals surface area contributed by atoms with E-state index in [9.17, 15) is 13.2 Å². The van der Waals surface area contributed by atoms with Crippen molar-refractivity contribution < 1.29 is 13.2 Å². The zero-order valence-electron chi connectivity index (χ0n) is 22.2. The minimum absolute atomic E-state index is 0.0876. The summed E-state index contributed by atoms with van der Waals surface area (Å²) in [6.45, 7) is 0.0876. The van der Waals surface area contributed by atoms with Crippen molar-refractivity contribution in [3.8, 4) is 0 Å². The predicted octanol–water partition coefficient (Wildman–Crippen LogP) is 6.81. The first-order valence-corrected chi connectivity index (χ1v) is 13.7. The summed E-state index contributed by atoms with van der Waals surface area (Å²) in [6, 6.07) is 13.7. The first-order valence-electron chi connectivity index (χ1n) is 13.7. The van der Waals surface area contributed by atoms with Crippen LogP contribution in [-0.2, 0) is 13.5 Å². The number of anilines is 2. The molecule has 3 N–H and O–H groups in total. The molecule has 1 fully saturated rings. The van der Waals surface area contributed by atoms with Gasteiger partial charge in [-0.3, -0.25) is 14.8 Å². The third kappa shape index (κ3) is 5.76. The number of dihydropyridines is 1. The molecule has 6 rings (SSSR count). The number of aromatic nitrogens is 4. The van der Waals surface area contributed by atoms with Gasteiger partial charge in [0.1, 0.15) is 5.84 Å². The number of fused-ring (bicyclic) bond motifs is 1. The van der Waals surface area contributed by atoms with Crippen molar-refractivity contribution >= 4 is 28.1 Å². The molecule has 40 heavy (non-hydrogen) atoms. The van der Waals surface area contributed by atoms with Crippen LogP contribution < -0.4 is 10.6 Å². The Hall–Kier alpha value is -4.08. The molecule has 1 aliphatic heterocycles. The number of halogens is 3. The number of nitrogens with zero attached hydrogens (tertiary/aromatic N) is 4. The normalized spacial score (nSPS) is 18.6. The highest BCUT2D eigenvalue weighted by atomic mass is 19.4. The molecule has 0 amide bonds. The summed E-state index contributed by atoms with van der Waals surface area (Å²) in [5.74, 6) is 0.0727. The monoisotopic (exact) mass is 547 g/mol. The number of hydrogen-bond donors (Lipinski definition) is 3. The van der Waals surface area contributed by atoms with Crippen LogP contribution in [0.1, 0.15) is 42.9 Å². The summed E-state index contributed by atoms with van der Waals surface area (Å²) in [6.07, 6.45) is 6.84. The van der Waals surface area contributed by atoms with Crippen LogP contribution in [0.5, 0.6) is 0 Å². The molecule has 10 heteroatoms. The lowest BCUT2D eigenvalue weighted by Gasteiger charge is -2.34. The van der Waals surface area contributed by atoms with Crippen LogP contribution in [0.25, 0.3) is 10.9 Å². The Morgan fingerprint density at radius 2 is 1.98 bits per heavy atom. The molecule has 3 heterocycles. The van der Waals surface area contributed by atoms with E-state index in [1.54, 1.807) is 12.3 Å². The van der Waals surface area contributed by atoms with E-state index in [2.05, 4.69) is 37.0 Å². The Morgan fingerprint density at radius 3 is 2.73 bits per heavy atom. The van der Waals surface area contributed by atoms with Crippen molar-refractivity contribution in [2.75, 3.05) is 17.2 Å². The molecule has 2 aliphatic rings. The molecule has 2 unspecified atom stereocenters. The number of aromatic amines is 1. The van der Waals surface area contributed by atoms with E-state index in [0.29, 0.717) is 24.4 Å².